The molecule has 0 heterocycles. The maximum atomic E-state index is 12.8. The van der Waals surface area contributed by atoms with Gasteiger partial charge in [-0.3, -0.25) is 0 Å². The summed E-state index contributed by atoms with van der Waals surface area (Å²) in [5.41, 5.74) is 0.605. The molecule has 0 amide bonds. The van der Waals surface area contributed by atoms with E-state index in [1.807, 2.05) is 0 Å². The second kappa shape index (κ2) is 10.0. The predicted molar refractivity (Wildman–Crippen MR) is 114 cm³/mol. The van der Waals surface area contributed by atoms with E-state index in [2.05, 4.69) is 6.58 Å². The van der Waals surface area contributed by atoms with E-state index >= 15 is 0 Å². The van der Waals surface area contributed by atoms with Crippen molar-refractivity contribution in [3.63, 3.8) is 0 Å². The molecule has 0 N–H and O–H groups in total. The van der Waals surface area contributed by atoms with E-state index in [1.165, 1.54) is 18.2 Å². The van der Waals surface area contributed by atoms with Crippen molar-refractivity contribution in [3.05, 3.63) is 108 Å². The fourth-order valence-electron chi connectivity index (χ4n) is 2.59. The number of hydrogen-bond acceptors (Lipinski definition) is 6. The van der Waals surface area contributed by atoms with Crippen LogP contribution in [0.2, 0.25) is 0 Å². The number of rotatable bonds is 7. The fraction of sp³-hybridized carbons (Fsp3) is 0.0800. The van der Waals surface area contributed by atoms with Crippen LogP contribution in [0.15, 0.2) is 91.0 Å². The van der Waals surface area contributed by atoms with Crippen LogP contribution in [0.25, 0.3) is 0 Å². The molecule has 0 unspecified atom stereocenters. The third kappa shape index (κ3) is 5.90. The van der Waals surface area contributed by atoms with Gasteiger partial charge in [-0.05, 0) is 55.0 Å². The molecule has 3 aromatic carbocycles. The topological polar surface area (TPSA) is 78.9 Å². The van der Waals surface area contributed by atoms with Crippen LogP contribution in [-0.2, 0) is 4.74 Å². The van der Waals surface area contributed by atoms with E-state index in [0.717, 1.165) is 0 Å². The van der Waals surface area contributed by atoms with Crippen LogP contribution in [0.5, 0.6) is 11.5 Å². The maximum Gasteiger partial charge on any atom is 0.344 e. The molecule has 0 spiro atoms. The van der Waals surface area contributed by atoms with Crippen molar-refractivity contribution in [1.82, 2.24) is 0 Å². The molecule has 3 rings (SSSR count). The van der Waals surface area contributed by atoms with Crippen LogP contribution in [0.4, 0.5) is 0 Å². The molecule has 0 aliphatic rings. The molecule has 156 valence electrons. The van der Waals surface area contributed by atoms with Crippen molar-refractivity contribution < 1.29 is 28.6 Å². The average molecular weight is 416 g/mol. The van der Waals surface area contributed by atoms with Crippen molar-refractivity contribution >= 4 is 17.9 Å². The van der Waals surface area contributed by atoms with Gasteiger partial charge in [0.05, 0.1) is 16.7 Å². The highest BCUT2D eigenvalue weighted by Crippen LogP contribution is 2.20. The highest BCUT2D eigenvalue weighted by molar-refractivity contribution is 6.06. The third-order valence-corrected chi connectivity index (χ3v) is 4.05. The number of esters is 3. The molecule has 0 saturated carbocycles. The third-order valence-electron chi connectivity index (χ3n) is 4.05. The monoisotopic (exact) mass is 416 g/mol. The Morgan fingerprint density at radius 2 is 1.23 bits per heavy atom. The summed E-state index contributed by atoms with van der Waals surface area (Å²) in [5.74, 6) is -1.60. The largest absolute Gasteiger partial charge is 0.458 e. The van der Waals surface area contributed by atoms with Gasteiger partial charge in [0.15, 0.2) is 0 Å². The second-order valence-electron chi connectivity index (χ2n) is 6.70. The number of carbonyl (C=O) groups excluding carboxylic acids is 3. The van der Waals surface area contributed by atoms with Gasteiger partial charge in [0, 0.05) is 0 Å². The van der Waals surface area contributed by atoms with Crippen LogP contribution in [0, 0.1) is 0 Å². The molecule has 0 radical (unpaired) electrons. The first-order valence-corrected chi connectivity index (χ1v) is 9.44. The first-order chi connectivity index (χ1) is 14.9. The molecule has 0 aromatic heterocycles. The van der Waals surface area contributed by atoms with Crippen molar-refractivity contribution in [1.29, 1.82) is 0 Å². The minimum atomic E-state index is -0.805. The molecule has 0 atom stereocenters. The van der Waals surface area contributed by atoms with Gasteiger partial charge < -0.3 is 14.2 Å². The van der Waals surface area contributed by atoms with Crippen LogP contribution in [-0.4, -0.2) is 24.5 Å². The van der Waals surface area contributed by atoms with Gasteiger partial charge in [0.25, 0.3) is 0 Å². The average Bonchev–Trinajstić information content (AvgIpc) is 2.78. The molecule has 6 nitrogen and oxygen atoms in total. The highest BCUT2D eigenvalue weighted by Gasteiger charge is 2.23. The lowest BCUT2D eigenvalue weighted by Crippen LogP contribution is -2.19. The maximum absolute atomic E-state index is 12.8. The number of carbonyl (C=O) groups is 3. The van der Waals surface area contributed by atoms with E-state index in [0.29, 0.717) is 17.1 Å². The Morgan fingerprint density at radius 3 is 1.74 bits per heavy atom. The molecule has 31 heavy (non-hydrogen) atoms. The summed E-state index contributed by atoms with van der Waals surface area (Å²) in [4.78, 5) is 37.9. The summed E-state index contributed by atoms with van der Waals surface area (Å²) in [7, 11) is 0. The quantitative estimate of drug-likeness (QED) is 0.311. The standard InChI is InChI=1S/C25H20O6/c1-17(2)16-29-23(26)18-13-14-21(24(27)30-19-9-5-3-6-10-19)22(15-18)25(28)31-20-11-7-4-8-12-20/h3-15H,1,16H2,2H3. The zero-order valence-corrected chi connectivity index (χ0v) is 16.9. The van der Waals surface area contributed by atoms with Crippen LogP contribution < -0.4 is 9.47 Å². The number of ether oxygens (including phenoxy) is 3. The lowest BCUT2D eigenvalue weighted by atomic mass is 10.0. The summed E-state index contributed by atoms with van der Waals surface area (Å²) >= 11 is 0. The van der Waals surface area contributed by atoms with Gasteiger partial charge in [-0.25, -0.2) is 14.4 Å². The lowest BCUT2D eigenvalue weighted by Gasteiger charge is -2.11. The minimum Gasteiger partial charge on any atom is -0.458 e. The Bertz CT molecular complexity index is 1100. The minimum absolute atomic E-state index is 0.0405. The molecule has 0 fully saturated rings. The summed E-state index contributed by atoms with van der Waals surface area (Å²) in [6.45, 7) is 5.44. The molecule has 3 aromatic rings. The Balaban J connectivity index is 1.92. The SMILES string of the molecule is C=C(C)COC(=O)c1ccc(C(=O)Oc2ccccc2)c(C(=O)Oc2ccccc2)c1. The Morgan fingerprint density at radius 1 is 0.710 bits per heavy atom. The van der Waals surface area contributed by atoms with Crippen LogP contribution in [0.3, 0.4) is 0 Å². The van der Waals surface area contributed by atoms with E-state index in [4.69, 9.17) is 14.2 Å². The lowest BCUT2D eigenvalue weighted by molar-refractivity contribution is 0.0539. The highest BCUT2D eigenvalue weighted by atomic mass is 16.5. The molecule has 6 heteroatoms. The zero-order valence-electron chi connectivity index (χ0n) is 16.9. The van der Waals surface area contributed by atoms with Crippen LogP contribution >= 0.6 is 0 Å². The molecule has 0 bridgehead atoms. The van der Waals surface area contributed by atoms with E-state index < -0.39 is 17.9 Å². The Hall–Kier alpha value is -4.19. The number of hydrogen-bond donors (Lipinski definition) is 0. The molecule has 0 saturated heterocycles. The van der Waals surface area contributed by atoms with Crippen LogP contribution in [0.1, 0.15) is 38.0 Å². The smallest absolute Gasteiger partial charge is 0.344 e. The first-order valence-electron chi connectivity index (χ1n) is 9.44. The van der Waals surface area contributed by atoms with E-state index in [-0.39, 0.29) is 23.3 Å². The molecule has 0 aliphatic heterocycles. The van der Waals surface area contributed by atoms with Crippen molar-refractivity contribution in [3.8, 4) is 11.5 Å². The Labute approximate surface area is 179 Å². The van der Waals surface area contributed by atoms with Gasteiger partial charge in [-0.1, -0.05) is 43.0 Å². The number of benzene rings is 3. The van der Waals surface area contributed by atoms with Gasteiger partial charge in [-0.15, -0.1) is 0 Å². The van der Waals surface area contributed by atoms with Crippen molar-refractivity contribution in [2.45, 2.75) is 6.92 Å². The van der Waals surface area contributed by atoms with Gasteiger partial charge in [-0.2, -0.15) is 0 Å². The predicted octanol–water partition coefficient (Wildman–Crippen LogP) is 4.86. The first kappa shape index (κ1) is 21.5. The van der Waals surface area contributed by atoms with E-state index in [1.54, 1.807) is 67.6 Å². The normalized spacial score (nSPS) is 10.1. The number of para-hydroxylation sites is 2. The summed E-state index contributed by atoms with van der Waals surface area (Å²) < 4.78 is 15.8. The zero-order chi connectivity index (χ0) is 22.2. The summed E-state index contributed by atoms with van der Waals surface area (Å²) in [6.07, 6.45) is 0. The van der Waals surface area contributed by atoms with Crippen molar-refractivity contribution in [2.24, 2.45) is 0 Å². The molecular formula is C25H20O6. The Kier molecular flexibility index (Phi) is 6.96. The summed E-state index contributed by atoms with van der Waals surface area (Å²) in [6, 6.07) is 20.8. The van der Waals surface area contributed by atoms with Gasteiger partial charge in [0.2, 0.25) is 0 Å². The van der Waals surface area contributed by atoms with E-state index in [9.17, 15) is 14.4 Å². The molecular weight excluding hydrogens is 396 g/mol. The van der Waals surface area contributed by atoms with Gasteiger partial charge in [0.1, 0.15) is 18.1 Å². The van der Waals surface area contributed by atoms with Crippen molar-refractivity contribution in [2.75, 3.05) is 6.61 Å². The summed E-state index contributed by atoms with van der Waals surface area (Å²) in [5, 5.41) is 0. The molecule has 0 aliphatic carbocycles. The second-order valence-corrected chi connectivity index (χ2v) is 6.70. The van der Waals surface area contributed by atoms with Gasteiger partial charge >= 0.3 is 17.9 Å². The fourth-order valence-corrected chi connectivity index (χ4v) is 2.59.